The molecule has 0 spiro atoms. The Morgan fingerprint density at radius 2 is 1.46 bits per heavy atom. The lowest BCUT2D eigenvalue weighted by molar-refractivity contribution is -0.137. The zero-order valence-corrected chi connectivity index (χ0v) is 15.4. The van der Waals surface area contributed by atoms with Gasteiger partial charge >= 0.3 is 5.97 Å². The number of rotatable bonds is 7. The van der Waals surface area contributed by atoms with E-state index in [2.05, 4.69) is 5.32 Å². The third kappa shape index (κ3) is 6.98. The van der Waals surface area contributed by atoms with Gasteiger partial charge in [-0.25, -0.2) is 0 Å². The minimum Gasteiger partial charge on any atom is -0.481 e. The highest BCUT2D eigenvalue weighted by atomic mass is 35.5. The van der Waals surface area contributed by atoms with Gasteiger partial charge in [-0.15, -0.1) is 12.4 Å². The largest absolute Gasteiger partial charge is 0.481 e. The standard InChI is InChI=1S/C18H32N2O3.ClH/c19-12-11-14-1-6-15(7-2-14)18(23)20-16-8-3-13(4-9-16)5-10-17(21)22;/h13-16H,1-12,19H2,(H,20,23)(H,21,22);1H. The summed E-state index contributed by atoms with van der Waals surface area (Å²) in [6.07, 6.45) is 10.5. The first-order valence-electron chi connectivity index (χ1n) is 9.30. The molecule has 0 aliphatic heterocycles. The molecular weight excluding hydrogens is 328 g/mol. The Hall–Kier alpha value is -0.810. The van der Waals surface area contributed by atoms with Crippen molar-refractivity contribution in [2.45, 2.75) is 76.7 Å². The van der Waals surface area contributed by atoms with E-state index in [0.717, 1.165) is 70.8 Å². The van der Waals surface area contributed by atoms with Gasteiger partial charge in [-0.3, -0.25) is 9.59 Å². The molecule has 0 heterocycles. The fraction of sp³-hybridized carbons (Fsp3) is 0.889. The van der Waals surface area contributed by atoms with Gasteiger partial charge in [0.25, 0.3) is 0 Å². The number of amides is 1. The molecule has 2 rings (SSSR count). The first kappa shape index (κ1) is 21.2. The minimum atomic E-state index is -0.703. The van der Waals surface area contributed by atoms with Crippen LogP contribution in [0.4, 0.5) is 0 Å². The molecule has 0 bridgehead atoms. The van der Waals surface area contributed by atoms with Crippen molar-refractivity contribution < 1.29 is 14.7 Å². The highest BCUT2D eigenvalue weighted by Crippen LogP contribution is 2.32. The number of hydrogen-bond acceptors (Lipinski definition) is 3. The number of carbonyl (C=O) groups is 2. The van der Waals surface area contributed by atoms with Crippen LogP contribution in [0.3, 0.4) is 0 Å². The van der Waals surface area contributed by atoms with Gasteiger partial charge in [0.2, 0.25) is 5.91 Å². The van der Waals surface area contributed by atoms with E-state index in [0.29, 0.717) is 17.9 Å². The Morgan fingerprint density at radius 1 is 0.917 bits per heavy atom. The second-order valence-electron chi connectivity index (χ2n) is 7.45. The van der Waals surface area contributed by atoms with Crippen molar-refractivity contribution in [3.05, 3.63) is 0 Å². The zero-order chi connectivity index (χ0) is 16.7. The summed E-state index contributed by atoms with van der Waals surface area (Å²) in [5.41, 5.74) is 5.61. The highest BCUT2D eigenvalue weighted by molar-refractivity contribution is 5.85. The van der Waals surface area contributed by atoms with E-state index < -0.39 is 5.97 Å². The Kier molecular flexibility index (Phi) is 9.67. The summed E-state index contributed by atoms with van der Waals surface area (Å²) in [5, 5.41) is 12.0. The number of aliphatic carboxylic acids is 1. The van der Waals surface area contributed by atoms with Crippen molar-refractivity contribution in [1.29, 1.82) is 0 Å². The number of nitrogens with two attached hydrogens (primary N) is 1. The third-order valence-corrected chi connectivity index (χ3v) is 5.75. The molecule has 4 N–H and O–H groups in total. The molecule has 0 radical (unpaired) electrons. The Balaban J connectivity index is 0.00000288. The number of nitrogens with one attached hydrogen (secondary N) is 1. The minimum absolute atomic E-state index is 0. The number of carboxylic acid groups (broad SMARTS) is 1. The molecule has 0 unspecified atom stereocenters. The van der Waals surface area contributed by atoms with Crippen LogP contribution in [-0.4, -0.2) is 29.6 Å². The molecule has 2 aliphatic rings. The molecule has 0 aromatic heterocycles. The van der Waals surface area contributed by atoms with E-state index >= 15 is 0 Å². The molecular formula is C18H33ClN2O3. The van der Waals surface area contributed by atoms with Crippen LogP contribution in [-0.2, 0) is 9.59 Å². The monoisotopic (exact) mass is 360 g/mol. The average Bonchev–Trinajstić information content (AvgIpc) is 2.55. The molecule has 2 fully saturated rings. The molecule has 6 heteroatoms. The van der Waals surface area contributed by atoms with E-state index in [1.165, 1.54) is 0 Å². The Labute approximate surface area is 151 Å². The SMILES string of the molecule is Cl.NCCC1CCC(C(=O)NC2CCC(CCC(=O)O)CC2)CC1. The summed E-state index contributed by atoms with van der Waals surface area (Å²) >= 11 is 0. The Bertz CT molecular complexity index is 390. The molecule has 24 heavy (non-hydrogen) atoms. The lowest BCUT2D eigenvalue weighted by Crippen LogP contribution is -2.42. The number of carboxylic acids is 1. The van der Waals surface area contributed by atoms with Gasteiger partial charge in [-0.1, -0.05) is 0 Å². The molecule has 0 aromatic carbocycles. The van der Waals surface area contributed by atoms with Crippen molar-refractivity contribution in [2.75, 3.05) is 6.54 Å². The average molecular weight is 361 g/mol. The molecule has 1 amide bonds. The molecule has 0 saturated heterocycles. The van der Waals surface area contributed by atoms with E-state index in [-0.39, 0.29) is 30.7 Å². The van der Waals surface area contributed by atoms with E-state index in [9.17, 15) is 9.59 Å². The summed E-state index contributed by atoms with van der Waals surface area (Å²) in [6.45, 7) is 0.757. The van der Waals surface area contributed by atoms with Gasteiger partial charge in [0.1, 0.15) is 0 Å². The summed E-state index contributed by atoms with van der Waals surface area (Å²) in [4.78, 5) is 23.0. The molecule has 0 atom stereocenters. The van der Waals surface area contributed by atoms with Crippen molar-refractivity contribution in [2.24, 2.45) is 23.5 Å². The van der Waals surface area contributed by atoms with Crippen LogP contribution < -0.4 is 11.1 Å². The lowest BCUT2D eigenvalue weighted by atomic mass is 9.79. The maximum Gasteiger partial charge on any atom is 0.303 e. The van der Waals surface area contributed by atoms with Crippen molar-refractivity contribution in [3.8, 4) is 0 Å². The summed E-state index contributed by atoms with van der Waals surface area (Å²) in [7, 11) is 0. The number of hydrogen-bond donors (Lipinski definition) is 3. The predicted octanol–water partition coefficient (Wildman–Crippen LogP) is 3.10. The van der Waals surface area contributed by atoms with Gasteiger partial charge < -0.3 is 16.2 Å². The second-order valence-corrected chi connectivity index (χ2v) is 7.45. The van der Waals surface area contributed by atoms with Gasteiger partial charge in [0, 0.05) is 18.4 Å². The second kappa shape index (κ2) is 10.9. The molecule has 140 valence electrons. The van der Waals surface area contributed by atoms with Crippen LogP contribution in [0.15, 0.2) is 0 Å². The predicted molar refractivity (Wildman–Crippen MR) is 97.1 cm³/mol. The molecule has 5 nitrogen and oxygen atoms in total. The van der Waals surface area contributed by atoms with Gasteiger partial charge in [0.15, 0.2) is 0 Å². The highest BCUT2D eigenvalue weighted by Gasteiger charge is 2.28. The van der Waals surface area contributed by atoms with Crippen LogP contribution in [0.2, 0.25) is 0 Å². The van der Waals surface area contributed by atoms with Crippen molar-refractivity contribution in [1.82, 2.24) is 5.32 Å². The summed E-state index contributed by atoms with van der Waals surface area (Å²) in [5.74, 6) is 0.962. The van der Waals surface area contributed by atoms with Crippen LogP contribution in [0.1, 0.15) is 70.6 Å². The van der Waals surface area contributed by atoms with Crippen LogP contribution >= 0.6 is 12.4 Å². The zero-order valence-electron chi connectivity index (χ0n) is 14.5. The van der Waals surface area contributed by atoms with E-state index in [1.54, 1.807) is 0 Å². The first-order valence-corrected chi connectivity index (χ1v) is 9.30. The molecule has 2 saturated carbocycles. The topological polar surface area (TPSA) is 92.4 Å². The normalized spacial score (nSPS) is 30.2. The maximum absolute atomic E-state index is 12.4. The quantitative estimate of drug-likeness (QED) is 0.650. The fourth-order valence-electron chi connectivity index (χ4n) is 4.19. The van der Waals surface area contributed by atoms with Crippen molar-refractivity contribution in [3.63, 3.8) is 0 Å². The van der Waals surface area contributed by atoms with Crippen LogP contribution in [0, 0.1) is 17.8 Å². The summed E-state index contributed by atoms with van der Waals surface area (Å²) < 4.78 is 0. The smallest absolute Gasteiger partial charge is 0.303 e. The van der Waals surface area contributed by atoms with E-state index in [4.69, 9.17) is 10.8 Å². The lowest BCUT2D eigenvalue weighted by Gasteiger charge is -2.32. The fourth-order valence-corrected chi connectivity index (χ4v) is 4.19. The van der Waals surface area contributed by atoms with Gasteiger partial charge in [0.05, 0.1) is 0 Å². The van der Waals surface area contributed by atoms with Gasteiger partial charge in [-0.2, -0.15) is 0 Å². The van der Waals surface area contributed by atoms with Crippen LogP contribution in [0.25, 0.3) is 0 Å². The molecule has 0 aromatic rings. The van der Waals surface area contributed by atoms with Crippen LogP contribution in [0.5, 0.6) is 0 Å². The number of halogens is 1. The van der Waals surface area contributed by atoms with Gasteiger partial charge in [-0.05, 0) is 82.6 Å². The number of carbonyl (C=O) groups excluding carboxylic acids is 1. The van der Waals surface area contributed by atoms with Crippen molar-refractivity contribution >= 4 is 24.3 Å². The first-order chi connectivity index (χ1) is 11.1. The van der Waals surface area contributed by atoms with E-state index in [1.807, 2.05) is 0 Å². The summed E-state index contributed by atoms with van der Waals surface area (Å²) in [6, 6.07) is 0.297. The third-order valence-electron chi connectivity index (χ3n) is 5.75. The maximum atomic E-state index is 12.4. The Morgan fingerprint density at radius 3 is 2.00 bits per heavy atom. The molecule has 2 aliphatic carbocycles.